The maximum absolute atomic E-state index is 12.5. The molecule has 22 heavy (non-hydrogen) atoms. The molecule has 3 atom stereocenters. The fourth-order valence-electron chi connectivity index (χ4n) is 3.53. The van der Waals surface area contributed by atoms with Gasteiger partial charge in [0.2, 0.25) is 5.91 Å². The molecule has 0 aromatic heterocycles. The van der Waals surface area contributed by atoms with Crippen LogP contribution in [0.15, 0.2) is 30.3 Å². The Morgan fingerprint density at radius 3 is 2.50 bits per heavy atom. The van der Waals surface area contributed by atoms with Crippen molar-refractivity contribution in [2.75, 3.05) is 6.54 Å². The van der Waals surface area contributed by atoms with Crippen molar-refractivity contribution in [3.8, 4) is 0 Å². The molecule has 3 nitrogen and oxygen atoms in total. The molecule has 0 radical (unpaired) electrons. The average Bonchev–Trinajstić information content (AvgIpc) is 2.52. The first-order chi connectivity index (χ1) is 10.5. The Labute approximate surface area is 133 Å². The number of benzene rings is 1. The molecule has 2 rings (SSSR count). The third kappa shape index (κ3) is 4.19. The van der Waals surface area contributed by atoms with Crippen molar-refractivity contribution in [3.63, 3.8) is 0 Å². The van der Waals surface area contributed by atoms with Gasteiger partial charge in [0.1, 0.15) is 0 Å². The number of carbonyl (C=O) groups excluding carboxylic acids is 2. The van der Waals surface area contributed by atoms with Crippen LogP contribution in [0.3, 0.4) is 0 Å². The van der Waals surface area contributed by atoms with Gasteiger partial charge in [-0.3, -0.25) is 9.59 Å². The van der Waals surface area contributed by atoms with Crippen molar-refractivity contribution in [1.82, 2.24) is 5.32 Å². The first-order valence-electron chi connectivity index (χ1n) is 8.35. The monoisotopic (exact) mass is 301 g/mol. The van der Waals surface area contributed by atoms with Gasteiger partial charge in [0.15, 0.2) is 5.78 Å². The van der Waals surface area contributed by atoms with Gasteiger partial charge in [-0.15, -0.1) is 0 Å². The minimum absolute atomic E-state index is 0.0288. The number of amides is 1. The summed E-state index contributed by atoms with van der Waals surface area (Å²) in [6.07, 6.45) is 3.26. The molecule has 0 aliphatic heterocycles. The van der Waals surface area contributed by atoms with E-state index in [2.05, 4.69) is 26.1 Å². The normalized spacial score (nSPS) is 25.0. The average molecular weight is 301 g/mol. The maximum Gasteiger partial charge on any atom is 0.223 e. The zero-order valence-electron chi connectivity index (χ0n) is 13.8. The van der Waals surface area contributed by atoms with Crippen LogP contribution in [0.1, 0.15) is 50.4 Å². The summed E-state index contributed by atoms with van der Waals surface area (Å²) >= 11 is 0. The van der Waals surface area contributed by atoms with Gasteiger partial charge in [0.25, 0.3) is 0 Å². The van der Waals surface area contributed by atoms with Crippen molar-refractivity contribution in [1.29, 1.82) is 0 Å². The summed E-state index contributed by atoms with van der Waals surface area (Å²) in [5, 5.41) is 2.87. The van der Waals surface area contributed by atoms with E-state index in [0.717, 1.165) is 12.8 Å². The first-order valence-corrected chi connectivity index (χ1v) is 8.35. The number of hydrogen-bond donors (Lipinski definition) is 1. The van der Waals surface area contributed by atoms with Crippen molar-refractivity contribution in [3.05, 3.63) is 35.9 Å². The molecular formula is C19H27NO2. The molecule has 1 fully saturated rings. The minimum atomic E-state index is -0.0288. The Bertz CT molecular complexity index is 509. The predicted molar refractivity (Wildman–Crippen MR) is 88.6 cm³/mol. The van der Waals surface area contributed by atoms with Crippen molar-refractivity contribution >= 4 is 11.7 Å². The lowest BCUT2D eigenvalue weighted by molar-refractivity contribution is -0.129. The van der Waals surface area contributed by atoms with Gasteiger partial charge in [-0.1, -0.05) is 57.5 Å². The topological polar surface area (TPSA) is 46.2 Å². The number of nitrogens with one attached hydrogen (secondary N) is 1. The van der Waals surface area contributed by atoms with E-state index in [0.29, 0.717) is 23.3 Å². The maximum atomic E-state index is 12.5. The fourth-order valence-corrected chi connectivity index (χ4v) is 3.53. The Kier molecular flexibility index (Phi) is 5.76. The van der Waals surface area contributed by atoms with E-state index < -0.39 is 0 Å². The number of ketones is 1. The lowest BCUT2D eigenvalue weighted by Gasteiger charge is -2.36. The van der Waals surface area contributed by atoms with Crippen LogP contribution in [-0.4, -0.2) is 18.2 Å². The second-order valence-electron chi connectivity index (χ2n) is 6.94. The second-order valence-corrected chi connectivity index (χ2v) is 6.94. The van der Waals surface area contributed by atoms with E-state index >= 15 is 0 Å². The summed E-state index contributed by atoms with van der Waals surface area (Å²) in [5.74, 6) is 1.60. The van der Waals surface area contributed by atoms with Crippen LogP contribution in [0, 0.1) is 23.7 Å². The number of Topliss-reactive ketones (excluding diaryl/α,β-unsaturated/α-hetero) is 1. The molecule has 0 unspecified atom stereocenters. The molecule has 0 spiro atoms. The Balaban J connectivity index is 1.94. The molecule has 0 bridgehead atoms. The lowest BCUT2D eigenvalue weighted by atomic mass is 9.70. The minimum Gasteiger partial charge on any atom is -0.348 e. The third-order valence-corrected chi connectivity index (χ3v) is 4.88. The van der Waals surface area contributed by atoms with Gasteiger partial charge in [0.05, 0.1) is 6.54 Å². The summed E-state index contributed by atoms with van der Waals surface area (Å²) in [6, 6.07) is 9.13. The summed E-state index contributed by atoms with van der Waals surface area (Å²) in [7, 11) is 0. The third-order valence-electron chi connectivity index (χ3n) is 4.88. The molecule has 120 valence electrons. The van der Waals surface area contributed by atoms with E-state index in [4.69, 9.17) is 0 Å². The van der Waals surface area contributed by atoms with Gasteiger partial charge in [-0.25, -0.2) is 0 Å². The largest absolute Gasteiger partial charge is 0.348 e. The quantitative estimate of drug-likeness (QED) is 0.843. The molecule has 1 N–H and O–H groups in total. The van der Waals surface area contributed by atoms with Gasteiger partial charge < -0.3 is 5.32 Å². The van der Waals surface area contributed by atoms with Crippen molar-refractivity contribution < 1.29 is 9.59 Å². The van der Waals surface area contributed by atoms with E-state index in [1.807, 2.05) is 18.2 Å². The summed E-state index contributed by atoms with van der Waals surface area (Å²) < 4.78 is 0. The Morgan fingerprint density at radius 1 is 1.18 bits per heavy atom. The van der Waals surface area contributed by atoms with Gasteiger partial charge in [0, 0.05) is 11.5 Å². The van der Waals surface area contributed by atoms with Crippen LogP contribution in [0.4, 0.5) is 0 Å². The van der Waals surface area contributed by atoms with Crippen LogP contribution in [0.25, 0.3) is 0 Å². The van der Waals surface area contributed by atoms with Crippen LogP contribution in [0.5, 0.6) is 0 Å². The van der Waals surface area contributed by atoms with Crippen molar-refractivity contribution in [2.24, 2.45) is 23.7 Å². The number of hydrogen-bond acceptors (Lipinski definition) is 2. The summed E-state index contributed by atoms with van der Waals surface area (Å²) in [6.45, 7) is 6.69. The standard InChI is InChI=1S/C19H27NO2/c1-13(2)16-10-9-14(3)11-17(16)19(22)20-12-18(21)15-7-5-4-6-8-15/h4-8,13-14,16-17H,9-12H2,1-3H3,(H,20,22)/t14-,16+,17-/m1/s1. The molecule has 1 saturated carbocycles. The molecule has 1 amide bonds. The molecular weight excluding hydrogens is 274 g/mol. The number of carbonyl (C=O) groups is 2. The molecule has 0 heterocycles. The second kappa shape index (κ2) is 7.57. The van der Waals surface area contributed by atoms with E-state index in [9.17, 15) is 9.59 Å². The molecule has 1 aromatic rings. The zero-order chi connectivity index (χ0) is 16.1. The zero-order valence-corrected chi connectivity index (χ0v) is 13.8. The molecule has 1 aromatic carbocycles. The lowest BCUT2D eigenvalue weighted by Crippen LogP contribution is -2.41. The van der Waals surface area contributed by atoms with E-state index in [1.165, 1.54) is 6.42 Å². The fraction of sp³-hybridized carbons (Fsp3) is 0.579. The van der Waals surface area contributed by atoms with Gasteiger partial charge >= 0.3 is 0 Å². The molecule has 0 saturated heterocycles. The van der Waals surface area contributed by atoms with Crippen LogP contribution in [-0.2, 0) is 4.79 Å². The first kappa shape index (κ1) is 16.7. The highest BCUT2D eigenvalue weighted by atomic mass is 16.2. The van der Waals surface area contributed by atoms with Crippen molar-refractivity contribution in [2.45, 2.75) is 40.0 Å². The molecule has 1 aliphatic rings. The highest BCUT2D eigenvalue weighted by molar-refractivity contribution is 5.99. The smallest absolute Gasteiger partial charge is 0.223 e. The van der Waals surface area contributed by atoms with Crippen LogP contribution < -0.4 is 5.32 Å². The number of rotatable bonds is 5. The molecule has 1 aliphatic carbocycles. The van der Waals surface area contributed by atoms with Crippen LogP contribution >= 0.6 is 0 Å². The summed E-state index contributed by atoms with van der Waals surface area (Å²) in [4.78, 5) is 24.6. The molecule has 3 heteroatoms. The van der Waals surface area contributed by atoms with Crippen LogP contribution in [0.2, 0.25) is 0 Å². The Morgan fingerprint density at radius 2 is 1.86 bits per heavy atom. The Hall–Kier alpha value is -1.64. The van der Waals surface area contributed by atoms with E-state index in [-0.39, 0.29) is 24.2 Å². The highest BCUT2D eigenvalue weighted by Gasteiger charge is 2.35. The van der Waals surface area contributed by atoms with Gasteiger partial charge in [-0.2, -0.15) is 0 Å². The van der Waals surface area contributed by atoms with E-state index in [1.54, 1.807) is 12.1 Å². The highest BCUT2D eigenvalue weighted by Crippen LogP contribution is 2.38. The predicted octanol–water partition coefficient (Wildman–Crippen LogP) is 3.69. The SMILES string of the molecule is CC(C)[C@@H]1CC[C@@H](C)C[C@H]1C(=O)NCC(=O)c1ccccc1. The summed E-state index contributed by atoms with van der Waals surface area (Å²) in [5.41, 5.74) is 0.653. The van der Waals surface area contributed by atoms with Gasteiger partial charge in [-0.05, 0) is 30.6 Å².